The predicted molar refractivity (Wildman–Crippen MR) is 91.9 cm³/mol. The van der Waals surface area contributed by atoms with Crippen molar-refractivity contribution in [3.05, 3.63) is 27.7 Å². The Hall–Kier alpha value is -0.580. The molecule has 1 atom stereocenters. The third-order valence-corrected chi connectivity index (χ3v) is 4.22. The summed E-state index contributed by atoms with van der Waals surface area (Å²) in [5.74, 6) is 0.938. The Kier molecular flexibility index (Phi) is 7.71. The fraction of sp³-hybridized carbons (Fsp3) is 0.647. The van der Waals surface area contributed by atoms with Crippen LogP contribution in [0.1, 0.15) is 50.7 Å². The first kappa shape index (κ1) is 18.5. The number of rotatable bonds is 9. The minimum atomic E-state index is -0.518. The summed E-state index contributed by atoms with van der Waals surface area (Å²) in [4.78, 5) is 0. The highest BCUT2D eigenvalue weighted by atomic mass is 79.9. The van der Waals surface area contributed by atoms with Crippen molar-refractivity contribution < 1.29 is 9.84 Å². The number of aliphatic hydroxyl groups excluding tert-OH is 1. The molecule has 4 heteroatoms. The molecule has 1 aromatic rings. The Bertz CT molecular complexity index is 423. The fourth-order valence-electron chi connectivity index (χ4n) is 2.16. The number of benzene rings is 1. The molecular weight excluding hydrogens is 330 g/mol. The lowest BCUT2D eigenvalue weighted by Gasteiger charge is -2.22. The van der Waals surface area contributed by atoms with Crippen LogP contribution in [0, 0.1) is 6.92 Å². The Morgan fingerprint density at radius 1 is 1.33 bits per heavy atom. The van der Waals surface area contributed by atoms with Gasteiger partial charge < -0.3 is 15.6 Å². The van der Waals surface area contributed by atoms with Gasteiger partial charge in [-0.3, -0.25) is 0 Å². The highest BCUT2D eigenvalue weighted by molar-refractivity contribution is 9.10. The molecule has 1 rings (SSSR count). The summed E-state index contributed by atoms with van der Waals surface area (Å²) in [5.41, 5.74) is 7.81. The topological polar surface area (TPSA) is 55.5 Å². The molecule has 0 aliphatic heterocycles. The molecule has 0 amide bonds. The van der Waals surface area contributed by atoms with Crippen molar-refractivity contribution >= 4 is 15.9 Å². The van der Waals surface area contributed by atoms with Gasteiger partial charge in [-0.05, 0) is 66.2 Å². The van der Waals surface area contributed by atoms with Crippen LogP contribution < -0.4 is 10.5 Å². The molecule has 0 saturated carbocycles. The fourth-order valence-corrected chi connectivity index (χ4v) is 2.89. The summed E-state index contributed by atoms with van der Waals surface area (Å²) in [7, 11) is 0. The highest BCUT2D eigenvalue weighted by Gasteiger charge is 2.17. The van der Waals surface area contributed by atoms with Gasteiger partial charge in [-0.2, -0.15) is 0 Å². The number of hydrogen-bond acceptors (Lipinski definition) is 3. The Labute approximate surface area is 137 Å². The second-order valence-electron chi connectivity index (χ2n) is 6.09. The van der Waals surface area contributed by atoms with Crippen LogP contribution in [0.4, 0.5) is 0 Å². The minimum Gasteiger partial charge on any atom is -0.492 e. The molecule has 0 fully saturated rings. The average Bonchev–Trinajstić information content (AvgIpc) is 2.44. The van der Waals surface area contributed by atoms with Gasteiger partial charge in [-0.25, -0.2) is 0 Å². The molecule has 0 spiro atoms. The SMILES string of the molecule is CCCCCOc1c(C)cc(CC[C@@](C)(N)CO)cc1Br. The molecule has 0 bridgehead atoms. The molecule has 0 radical (unpaired) electrons. The van der Waals surface area contributed by atoms with Crippen LogP contribution >= 0.6 is 15.9 Å². The summed E-state index contributed by atoms with van der Waals surface area (Å²) >= 11 is 3.60. The minimum absolute atomic E-state index is 0.00573. The van der Waals surface area contributed by atoms with Crippen molar-refractivity contribution in [2.75, 3.05) is 13.2 Å². The van der Waals surface area contributed by atoms with Gasteiger partial charge in [0.1, 0.15) is 5.75 Å². The molecule has 0 unspecified atom stereocenters. The van der Waals surface area contributed by atoms with Crippen molar-refractivity contribution in [2.24, 2.45) is 5.73 Å². The van der Waals surface area contributed by atoms with Gasteiger partial charge in [0.05, 0.1) is 17.7 Å². The molecular formula is C17H28BrNO2. The number of aliphatic hydroxyl groups is 1. The number of ether oxygens (including phenoxy) is 1. The van der Waals surface area contributed by atoms with Crippen molar-refractivity contribution in [3.8, 4) is 5.75 Å². The predicted octanol–water partition coefficient (Wildman–Crippen LogP) is 3.97. The summed E-state index contributed by atoms with van der Waals surface area (Å²) in [6.07, 6.45) is 5.09. The maximum Gasteiger partial charge on any atom is 0.136 e. The number of nitrogens with two attached hydrogens (primary N) is 1. The third-order valence-electron chi connectivity index (χ3n) is 3.63. The van der Waals surface area contributed by atoms with E-state index in [-0.39, 0.29) is 6.61 Å². The molecule has 120 valence electrons. The van der Waals surface area contributed by atoms with Crippen molar-refractivity contribution in [2.45, 2.75) is 58.4 Å². The van der Waals surface area contributed by atoms with E-state index in [9.17, 15) is 5.11 Å². The molecule has 0 aliphatic rings. The smallest absolute Gasteiger partial charge is 0.136 e. The van der Waals surface area contributed by atoms with E-state index in [1.807, 2.05) is 6.92 Å². The highest BCUT2D eigenvalue weighted by Crippen LogP contribution is 2.31. The van der Waals surface area contributed by atoms with Gasteiger partial charge in [-0.15, -0.1) is 0 Å². The summed E-state index contributed by atoms with van der Waals surface area (Å²) in [5, 5.41) is 9.21. The number of aryl methyl sites for hydroxylation is 2. The van der Waals surface area contributed by atoms with Crippen LogP contribution in [0.2, 0.25) is 0 Å². The molecule has 0 heterocycles. The first-order chi connectivity index (χ1) is 9.89. The van der Waals surface area contributed by atoms with Gasteiger partial charge in [0.2, 0.25) is 0 Å². The molecule has 0 aromatic heterocycles. The lowest BCUT2D eigenvalue weighted by molar-refractivity contribution is 0.200. The zero-order chi connectivity index (χ0) is 15.9. The van der Waals surface area contributed by atoms with Crippen LogP contribution in [0.15, 0.2) is 16.6 Å². The van der Waals surface area contributed by atoms with Crippen molar-refractivity contribution in [3.63, 3.8) is 0 Å². The van der Waals surface area contributed by atoms with E-state index in [2.05, 4.69) is 41.9 Å². The van der Waals surface area contributed by atoms with E-state index < -0.39 is 5.54 Å². The Morgan fingerprint density at radius 2 is 2.05 bits per heavy atom. The molecule has 0 saturated heterocycles. The molecule has 0 aliphatic carbocycles. The number of unbranched alkanes of at least 4 members (excludes halogenated alkanes) is 2. The average molecular weight is 358 g/mol. The third kappa shape index (κ3) is 6.37. The molecule has 3 N–H and O–H groups in total. The van der Waals surface area contributed by atoms with Gasteiger partial charge in [0, 0.05) is 5.54 Å². The summed E-state index contributed by atoms with van der Waals surface area (Å²) in [6, 6.07) is 4.24. The van der Waals surface area contributed by atoms with E-state index in [0.717, 1.165) is 41.7 Å². The van der Waals surface area contributed by atoms with E-state index in [4.69, 9.17) is 10.5 Å². The maximum absolute atomic E-state index is 9.21. The largest absolute Gasteiger partial charge is 0.492 e. The Balaban J connectivity index is 2.66. The quantitative estimate of drug-likeness (QED) is 0.657. The second-order valence-corrected chi connectivity index (χ2v) is 6.95. The van der Waals surface area contributed by atoms with E-state index in [1.165, 1.54) is 18.4 Å². The van der Waals surface area contributed by atoms with Crippen LogP contribution in [0.5, 0.6) is 5.75 Å². The first-order valence-electron chi connectivity index (χ1n) is 7.71. The number of halogens is 1. The van der Waals surface area contributed by atoms with Crippen molar-refractivity contribution in [1.29, 1.82) is 0 Å². The van der Waals surface area contributed by atoms with Crippen LogP contribution in [-0.4, -0.2) is 23.9 Å². The van der Waals surface area contributed by atoms with E-state index in [1.54, 1.807) is 0 Å². The number of hydrogen-bond donors (Lipinski definition) is 2. The van der Waals surface area contributed by atoms with Gasteiger partial charge in [0.25, 0.3) is 0 Å². The van der Waals surface area contributed by atoms with Gasteiger partial charge >= 0.3 is 0 Å². The molecule has 1 aromatic carbocycles. The normalized spacial score (nSPS) is 14.0. The standard InChI is InChI=1S/C17H28BrNO2/c1-4-5-6-9-21-16-13(2)10-14(11-15(16)18)7-8-17(3,19)12-20/h10-11,20H,4-9,12,19H2,1-3H3/t17-/m1/s1. The first-order valence-corrected chi connectivity index (χ1v) is 8.50. The lowest BCUT2D eigenvalue weighted by Crippen LogP contribution is -2.40. The second kappa shape index (κ2) is 8.76. The van der Waals surface area contributed by atoms with Gasteiger partial charge in [0.15, 0.2) is 0 Å². The summed E-state index contributed by atoms with van der Waals surface area (Å²) < 4.78 is 6.88. The molecule has 21 heavy (non-hydrogen) atoms. The van der Waals surface area contributed by atoms with E-state index in [0.29, 0.717) is 0 Å². The maximum atomic E-state index is 9.21. The Morgan fingerprint density at radius 3 is 2.62 bits per heavy atom. The monoisotopic (exact) mass is 357 g/mol. The molecule has 3 nitrogen and oxygen atoms in total. The lowest BCUT2D eigenvalue weighted by atomic mass is 9.94. The zero-order valence-electron chi connectivity index (χ0n) is 13.4. The van der Waals surface area contributed by atoms with E-state index >= 15 is 0 Å². The van der Waals surface area contributed by atoms with Crippen LogP contribution in [-0.2, 0) is 6.42 Å². The van der Waals surface area contributed by atoms with Crippen LogP contribution in [0.25, 0.3) is 0 Å². The van der Waals surface area contributed by atoms with Gasteiger partial charge in [-0.1, -0.05) is 25.8 Å². The summed E-state index contributed by atoms with van der Waals surface area (Å²) in [6.45, 7) is 6.90. The van der Waals surface area contributed by atoms with Crippen molar-refractivity contribution in [1.82, 2.24) is 0 Å². The zero-order valence-corrected chi connectivity index (χ0v) is 15.0. The van der Waals surface area contributed by atoms with Crippen LogP contribution in [0.3, 0.4) is 0 Å².